The first-order valence-corrected chi connectivity index (χ1v) is 11.8. The lowest BCUT2D eigenvalue weighted by molar-refractivity contribution is 0.104. The van der Waals surface area contributed by atoms with Crippen LogP contribution in [0.1, 0.15) is 29.7 Å². The van der Waals surface area contributed by atoms with Crippen LogP contribution in [0.15, 0.2) is 83.1 Å². The molecule has 2 aromatic heterocycles. The van der Waals surface area contributed by atoms with Gasteiger partial charge in [-0.3, -0.25) is 19.7 Å². The highest BCUT2D eigenvalue weighted by Gasteiger charge is 2.27. The van der Waals surface area contributed by atoms with Crippen molar-refractivity contribution in [1.29, 1.82) is 0 Å². The fourth-order valence-corrected chi connectivity index (χ4v) is 4.94. The van der Waals surface area contributed by atoms with Gasteiger partial charge in [0.15, 0.2) is 5.43 Å². The molecule has 34 heavy (non-hydrogen) atoms. The average molecular weight is 456 g/mol. The second kappa shape index (κ2) is 10.6. The van der Waals surface area contributed by atoms with Gasteiger partial charge in [-0.15, -0.1) is 0 Å². The van der Waals surface area contributed by atoms with Crippen LogP contribution in [0.3, 0.4) is 0 Å². The third kappa shape index (κ3) is 5.18. The van der Waals surface area contributed by atoms with Crippen molar-refractivity contribution in [2.75, 3.05) is 13.1 Å². The molecule has 3 aromatic rings. The molecular formula is C28H33N5O. The SMILES string of the molecule is C=C/C(=C\N=C)N1CCC[C@H](N(Cc2ccnc(C)c2)Cc2cn(C)c3ccccc3c2=O)C1. The molecule has 0 N–H and O–H groups in total. The summed E-state index contributed by atoms with van der Waals surface area (Å²) in [6, 6.07) is 12.3. The number of likely N-dealkylation sites (tertiary alicyclic amines) is 1. The van der Waals surface area contributed by atoms with Crippen molar-refractivity contribution in [2.24, 2.45) is 12.0 Å². The zero-order chi connectivity index (χ0) is 24.1. The second-order valence-corrected chi connectivity index (χ2v) is 9.00. The number of allylic oxidation sites excluding steroid dienone is 1. The van der Waals surface area contributed by atoms with E-state index in [9.17, 15) is 4.79 Å². The van der Waals surface area contributed by atoms with Crippen molar-refractivity contribution < 1.29 is 0 Å². The minimum absolute atomic E-state index is 0.111. The number of hydrogen-bond donors (Lipinski definition) is 0. The maximum absolute atomic E-state index is 13.4. The number of nitrogens with zero attached hydrogens (tertiary/aromatic N) is 5. The van der Waals surface area contributed by atoms with E-state index in [0.29, 0.717) is 6.54 Å². The molecule has 4 rings (SSSR count). The Kier molecular flexibility index (Phi) is 7.38. The van der Waals surface area contributed by atoms with E-state index in [4.69, 9.17) is 0 Å². The van der Waals surface area contributed by atoms with Crippen molar-refractivity contribution in [3.63, 3.8) is 0 Å². The fourth-order valence-electron chi connectivity index (χ4n) is 4.94. The highest BCUT2D eigenvalue weighted by molar-refractivity contribution is 5.79. The molecule has 0 unspecified atom stereocenters. The number of piperidine rings is 1. The van der Waals surface area contributed by atoms with E-state index < -0.39 is 0 Å². The number of para-hydroxylation sites is 1. The predicted molar refractivity (Wildman–Crippen MR) is 140 cm³/mol. The van der Waals surface area contributed by atoms with Gasteiger partial charge in [-0.2, -0.15) is 0 Å². The molecule has 0 saturated carbocycles. The zero-order valence-corrected chi connectivity index (χ0v) is 20.2. The number of hydrogen-bond acceptors (Lipinski definition) is 5. The maximum Gasteiger partial charge on any atom is 0.193 e. The summed E-state index contributed by atoms with van der Waals surface area (Å²) < 4.78 is 2.06. The lowest BCUT2D eigenvalue weighted by Crippen LogP contribution is -2.47. The minimum Gasteiger partial charge on any atom is -0.369 e. The van der Waals surface area contributed by atoms with Gasteiger partial charge in [0.1, 0.15) is 0 Å². The van der Waals surface area contributed by atoms with Crippen molar-refractivity contribution >= 4 is 17.6 Å². The number of fused-ring (bicyclic) bond motifs is 1. The number of benzene rings is 1. The summed E-state index contributed by atoms with van der Waals surface area (Å²) in [5, 5.41) is 0.765. The van der Waals surface area contributed by atoms with E-state index in [-0.39, 0.29) is 11.5 Å². The van der Waals surface area contributed by atoms with Gasteiger partial charge < -0.3 is 9.47 Å². The molecule has 6 heteroatoms. The van der Waals surface area contributed by atoms with Gasteiger partial charge in [0.2, 0.25) is 0 Å². The number of aryl methyl sites for hydroxylation is 2. The van der Waals surface area contributed by atoms with Crippen LogP contribution in [0.25, 0.3) is 10.9 Å². The Bertz CT molecular complexity index is 1280. The van der Waals surface area contributed by atoms with E-state index in [1.807, 2.05) is 56.7 Å². The molecule has 1 aromatic carbocycles. The van der Waals surface area contributed by atoms with Gasteiger partial charge in [0, 0.05) is 74.5 Å². The molecule has 0 bridgehead atoms. The minimum atomic E-state index is 0.111. The van der Waals surface area contributed by atoms with Crippen LogP contribution in [0, 0.1) is 6.92 Å². The van der Waals surface area contributed by atoms with Crippen LogP contribution in [-0.2, 0) is 20.1 Å². The lowest BCUT2D eigenvalue weighted by Gasteiger charge is -2.40. The summed E-state index contributed by atoms with van der Waals surface area (Å²) in [4.78, 5) is 26.5. The number of aromatic nitrogens is 2. The smallest absolute Gasteiger partial charge is 0.193 e. The molecular weight excluding hydrogens is 422 g/mol. The van der Waals surface area contributed by atoms with Crippen molar-refractivity contribution in [1.82, 2.24) is 19.4 Å². The Hall–Kier alpha value is -3.51. The van der Waals surface area contributed by atoms with Crippen LogP contribution in [0.2, 0.25) is 0 Å². The van der Waals surface area contributed by atoms with E-state index in [1.54, 1.807) is 6.20 Å². The van der Waals surface area contributed by atoms with Crippen molar-refractivity contribution in [3.05, 3.63) is 100 Å². The zero-order valence-electron chi connectivity index (χ0n) is 20.2. The molecule has 0 radical (unpaired) electrons. The highest BCUT2D eigenvalue weighted by Crippen LogP contribution is 2.24. The van der Waals surface area contributed by atoms with E-state index >= 15 is 0 Å². The molecule has 1 fully saturated rings. The second-order valence-electron chi connectivity index (χ2n) is 9.00. The average Bonchev–Trinajstić information content (AvgIpc) is 2.85. The highest BCUT2D eigenvalue weighted by atomic mass is 16.1. The molecule has 176 valence electrons. The quantitative estimate of drug-likeness (QED) is 0.372. The summed E-state index contributed by atoms with van der Waals surface area (Å²) >= 11 is 0. The molecule has 1 saturated heterocycles. The monoisotopic (exact) mass is 455 g/mol. The first kappa shape index (κ1) is 23.6. The number of rotatable bonds is 8. The lowest BCUT2D eigenvalue weighted by atomic mass is 10.0. The fraction of sp³-hybridized carbons (Fsp3) is 0.321. The number of pyridine rings is 2. The van der Waals surface area contributed by atoms with Gasteiger partial charge in [-0.05, 0) is 62.4 Å². The van der Waals surface area contributed by atoms with E-state index in [1.165, 1.54) is 5.56 Å². The maximum atomic E-state index is 13.4. The first-order valence-electron chi connectivity index (χ1n) is 11.8. The van der Waals surface area contributed by atoms with Crippen molar-refractivity contribution in [2.45, 2.75) is 38.9 Å². The Labute approximate surface area is 201 Å². The topological polar surface area (TPSA) is 53.7 Å². The molecule has 0 amide bonds. The molecule has 1 aliphatic heterocycles. The number of aliphatic imine (C=N–C) groups is 1. The van der Waals surface area contributed by atoms with Gasteiger partial charge in [0.25, 0.3) is 0 Å². The van der Waals surface area contributed by atoms with Gasteiger partial charge in [-0.1, -0.05) is 18.7 Å². The third-order valence-electron chi connectivity index (χ3n) is 6.60. The summed E-state index contributed by atoms with van der Waals surface area (Å²) in [5.74, 6) is 0. The molecule has 1 atom stereocenters. The van der Waals surface area contributed by atoms with Gasteiger partial charge in [0.05, 0.1) is 11.2 Å². The predicted octanol–water partition coefficient (Wildman–Crippen LogP) is 4.44. The Morgan fingerprint density at radius 3 is 2.88 bits per heavy atom. The summed E-state index contributed by atoms with van der Waals surface area (Å²) in [6.45, 7) is 12.7. The summed E-state index contributed by atoms with van der Waals surface area (Å²) in [6.07, 6.45) is 9.60. The Balaban J connectivity index is 1.69. The molecule has 0 aliphatic carbocycles. The molecule has 1 aliphatic rings. The van der Waals surface area contributed by atoms with Gasteiger partial charge >= 0.3 is 0 Å². The van der Waals surface area contributed by atoms with Crippen LogP contribution < -0.4 is 5.43 Å². The normalized spacial score (nSPS) is 16.7. The van der Waals surface area contributed by atoms with Crippen LogP contribution in [-0.4, -0.2) is 45.2 Å². The molecule has 0 spiro atoms. The first-order chi connectivity index (χ1) is 16.5. The van der Waals surface area contributed by atoms with E-state index in [0.717, 1.165) is 60.3 Å². The van der Waals surface area contributed by atoms with Crippen LogP contribution >= 0.6 is 0 Å². The molecule has 6 nitrogen and oxygen atoms in total. The summed E-state index contributed by atoms with van der Waals surface area (Å²) in [7, 11) is 2.01. The van der Waals surface area contributed by atoms with Crippen molar-refractivity contribution in [3.8, 4) is 0 Å². The van der Waals surface area contributed by atoms with Gasteiger partial charge in [-0.25, -0.2) is 0 Å². The largest absolute Gasteiger partial charge is 0.369 e. The third-order valence-corrected chi connectivity index (χ3v) is 6.60. The standard InChI is InChI=1S/C28H33N5O/c1-5-24(16-29-3)32-14-8-9-25(20-32)33(17-22-12-13-30-21(2)15-22)19-23-18-31(4)27-11-7-6-10-26(27)28(23)34/h5-7,10-13,15-16,18,25H,1,3,8-9,14,17,19-20H2,2,4H3/b24-16+/t25-/m0/s1. The Morgan fingerprint density at radius 2 is 2.12 bits per heavy atom. The van der Waals surface area contributed by atoms with E-state index in [2.05, 4.69) is 49.8 Å². The van der Waals surface area contributed by atoms with Crippen LogP contribution in [0.5, 0.6) is 0 Å². The van der Waals surface area contributed by atoms with Crippen LogP contribution in [0.4, 0.5) is 0 Å². The summed E-state index contributed by atoms with van der Waals surface area (Å²) in [5.41, 5.74) is 5.07. The Morgan fingerprint density at radius 1 is 1.29 bits per heavy atom. The molecule has 3 heterocycles.